The summed E-state index contributed by atoms with van der Waals surface area (Å²) in [5.74, 6) is 2.30. The zero-order valence-electron chi connectivity index (χ0n) is 10.2. The van der Waals surface area contributed by atoms with Crippen LogP contribution in [0.15, 0.2) is 18.3 Å². The number of nitrogen functional groups attached to an aromatic ring is 1. The van der Waals surface area contributed by atoms with Crippen molar-refractivity contribution in [3.63, 3.8) is 0 Å². The molecule has 1 saturated heterocycles. The molecule has 88 valence electrons. The molecule has 0 saturated carbocycles. The first-order chi connectivity index (χ1) is 7.66. The predicted molar refractivity (Wildman–Crippen MR) is 68.4 cm³/mol. The van der Waals surface area contributed by atoms with E-state index in [9.17, 15) is 0 Å². The highest BCUT2D eigenvalue weighted by Gasteiger charge is 2.21. The summed E-state index contributed by atoms with van der Waals surface area (Å²) >= 11 is 0. The summed E-state index contributed by atoms with van der Waals surface area (Å²) in [6, 6.07) is 3.95. The van der Waals surface area contributed by atoms with Crippen LogP contribution in [-0.4, -0.2) is 18.1 Å². The van der Waals surface area contributed by atoms with E-state index in [1.807, 2.05) is 12.3 Å². The summed E-state index contributed by atoms with van der Waals surface area (Å²) in [5.41, 5.74) is 6.79. The van der Waals surface area contributed by atoms with Gasteiger partial charge in [-0.25, -0.2) is 4.98 Å². The smallest absolute Gasteiger partial charge is 0.123 e. The zero-order valence-corrected chi connectivity index (χ0v) is 10.2. The van der Waals surface area contributed by atoms with E-state index in [1.165, 1.54) is 18.5 Å². The van der Waals surface area contributed by atoms with Crippen molar-refractivity contribution >= 4 is 11.5 Å². The third-order valence-corrected chi connectivity index (χ3v) is 3.62. The first-order valence-corrected chi connectivity index (χ1v) is 6.13. The number of hydrogen-bond donors (Lipinski definition) is 1. The van der Waals surface area contributed by atoms with Gasteiger partial charge in [-0.1, -0.05) is 13.8 Å². The van der Waals surface area contributed by atoms with Crippen molar-refractivity contribution in [3.8, 4) is 0 Å². The van der Waals surface area contributed by atoms with Crippen molar-refractivity contribution in [3.05, 3.63) is 18.3 Å². The molecule has 2 N–H and O–H groups in total. The fraction of sp³-hybridized carbons (Fsp3) is 0.615. The van der Waals surface area contributed by atoms with Gasteiger partial charge in [0.1, 0.15) is 5.82 Å². The van der Waals surface area contributed by atoms with Gasteiger partial charge in [0.25, 0.3) is 0 Å². The molecule has 0 spiro atoms. The lowest BCUT2D eigenvalue weighted by molar-refractivity contribution is 0.311. The van der Waals surface area contributed by atoms with E-state index in [2.05, 4.69) is 29.8 Å². The minimum atomic E-state index is 0.598. The Hall–Kier alpha value is -1.25. The van der Waals surface area contributed by atoms with Gasteiger partial charge in [-0.3, -0.25) is 0 Å². The average Bonchev–Trinajstić information content (AvgIpc) is 2.30. The van der Waals surface area contributed by atoms with Crippen LogP contribution in [0.3, 0.4) is 0 Å². The van der Waals surface area contributed by atoms with Crippen LogP contribution in [0, 0.1) is 11.8 Å². The van der Waals surface area contributed by atoms with E-state index >= 15 is 0 Å². The van der Waals surface area contributed by atoms with Crippen LogP contribution in [-0.2, 0) is 0 Å². The monoisotopic (exact) mass is 219 g/mol. The SMILES string of the molecule is CC(C)C1CCN(c2ccc(N)nc2)CC1. The maximum atomic E-state index is 5.59. The second-order valence-corrected chi connectivity index (χ2v) is 5.01. The van der Waals surface area contributed by atoms with E-state index in [0.717, 1.165) is 24.9 Å². The Balaban J connectivity index is 1.96. The molecule has 0 amide bonds. The van der Waals surface area contributed by atoms with Crippen molar-refractivity contribution in [1.82, 2.24) is 4.98 Å². The predicted octanol–water partition coefficient (Wildman–Crippen LogP) is 2.54. The third-order valence-electron chi connectivity index (χ3n) is 3.62. The van der Waals surface area contributed by atoms with E-state index in [1.54, 1.807) is 0 Å². The second-order valence-electron chi connectivity index (χ2n) is 5.01. The number of pyridine rings is 1. The molecular weight excluding hydrogens is 198 g/mol. The minimum Gasteiger partial charge on any atom is -0.384 e. The summed E-state index contributed by atoms with van der Waals surface area (Å²) in [6.45, 7) is 6.94. The third kappa shape index (κ3) is 2.46. The molecule has 0 bridgehead atoms. The van der Waals surface area contributed by atoms with Gasteiger partial charge in [0, 0.05) is 13.1 Å². The highest BCUT2D eigenvalue weighted by Crippen LogP contribution is 2.27. The van der Waals surface area contributed by atoms with Crippen LogP contribution in [0.1, 0.15) is 26.7 Å². The number of nitrogens with zero attached hydrogens (tertiary/aromatic N) is 2. The van der Waals surface area contributed by atoms with Crippen LogP contribution in [0.5, 0.6) is 0 Å². The fourth-order valence-electron chi connectivity index (χ4n) is 2.41. The molecule has 2 rings (SSSR count). The van der Waals surface area contributed by atoms with Gasteiger partial charge in [0.15, 0.2) is 0 Å². The van der Waals surface area contributed by atoms with E-state index in [0.29, 0.717) is 5.82 Å². The standard InChI is InChI=1S/C13H21N3/c1-10(2)11-5-7-16(8-6-11)12-3-4-13(14)15-9-12/h3-4,9-11H,5-8H2,1-2H3,(H2,14,15). The quantitative estimate of drug-likeness (QED) is 0.831. The zero-order chi connectivity index (χ0) is 11.5. The molecule has 0 aromatic carbocycles. The molecule has 16 heavy (non-hydrogen) atoms. The van der Waals surface area contributed by atoms with Crippen LogP contribution < -0.4 is 10.6 Å². The van der Waals surface area contributed by atoms with Crippen LogP contribution >= 0.6 is 0 Å². The lowest BCUT2D eigenvalue weighted by atomic mass is 9.86. The van der Waals surface area contributed by atoms with Crippen molar-refractivity contribution in [1.29, 1.82) is 0 Å². The van der Waals surface area contributed by atoms with Gasteiger partial charge >= 0.3 is 0 Å². The van der Waals surface area contributed by atoms with Crippen LogP contribution in [0.4, 0.5) is 11.5 Å². The van der Waals surface area contributed by atoms with Gasteiger partial charge in [0.05, 0.1) is 11.9 Å². The molecule has 3 heteroatoms. The van der Waals surface area contributed by atoms with Crippen LogP contribution in [0.25, 0.3) is 0 Å². The molecule has 1 fully saturated rings. The molecule has 3 nitrogen and oxygen atoms in total. The molecular formula is C13H21N3. The lowest BCUT2D eigenvalue weighted by Gasteiger charge is -2.35. The number of nitrogens with two attached hydrogens (primary N) is 1. The summed E-state index contributed by atoms with van der Waals surface area (Å²) in [4.78, 5) is 6.55. The Bertz CT molecular complexity index is 324. The Labute approximate surface area is 97.7 Å². The molecule has 0 atom stereocenters. The molecule has 0 aliphatic carbocycles. The fourth-order valence-corrected chi connectivity index (χ4v) is 2.41. The molecule has 2 heterocycles. The van der Waals surface area contributed by atoms with Crippen molar-refractivity contribution in [2.24, 2.45) is 11.8 Å². The molecule has 1 aromatic heterocycles. The maximum absolute atomic E-state index is 5.59. The van der Waals surface area contributed by atoms with E-state index in [4.69, 9.17) is 5.73 Å². The Morgan fingerprint density at radius 1 is 1.31 bits per heavy atom. The Morgan fingerprint density at radius 3 is 2.50 bits per heavy atom. The summed E-state index contributed by atoms with van der Waals surface area (Å²) in [6.07, 6.45) is 4.47. The molecule has 1 aromatic rings. The first kappa shape index (κ1) is 11.2. The molecule has 1 aliphatic heterocycles. The van der Waals surface area contributed by atoms with E-state index in [-0.39, 0.29) is 0 Å². The number of piperidine rings is 1. The van der Waals surface area contributed by atoms with Gasteiger partial charge in [-0.2, -0.15) is 0 Å². The maximum Gasteiger partial charge on any atom is 0.123 e. The summed E-state index contributed by atoms with van der Waals surface area (Å²) in [5, 5.41) is 0. The summed E-state index contributed by atoms with van der Waals surface area (Å²) < 4.78 is 0. The van der Waals surface area contributed by atoms with Gasteiger partial charge in [-0.15, -0.1) is 0 Å². The average molecular weight is 219 g/mol. The highest BCUT2D eigenvalue weighted by molar-refractivity contribution is 5.48. The number of aromatic nitrogens is 1. The Morgan fingerprint density at radius 2 is 2.00 bits per heavy atom. The normalized spacial score (nSPS) is 18.1. The molecule has 0 radical (unpaired) electrons. The largest absolute Gasteiger partial charge is 0.384 e. The Kier molecular flexibility index (Phi) is 3.32. The van der Waals surface area contributed by atoms with E-state index < -0.39 is 0 Å². The van der Waals surface area contributed by atoms with Crippen molar-refractivity contribution in [2.45, 2.75) is 26.7 Å². The topological polar surface area (TPSA) is 42.1 Å². The summed E-state index contributed by atoms with van der Waals surface area (Å²) in [7, 11) is 0. The van der Waals surface area contributed by atoms with Gasteiger partial charge in [0.2, 0.25) is 0 Å². The number of rotatable bonds is 2. The highest BCUT2D eigenvalue weighted by atomic mass is 15.1. The van der Waals surface area contributed by atoms with Crippen LogP contribution in [0.2, 0.25) is 0 Å². The first-order valence-electron chi connectivity index (χ1n) is 6.13. The minimum absolute atomic E-state index is 0.598. The van der Waals surface area contributed by atoms with Gasteiger partial charge in [-0.05, 0) is 36.8 Å². The number of hydrogen-bond acceptors (Lipinski definition) is 3. The lowest BCUT2D eigenvalue weighted by Crippen LogP contribution is -2.35. The van der Waals surface area contributed by atoms with Gasteiger partial charge < -0.3 is 10.6 Å². The van der Waals surface area contributed by atoms with Crippen molar-refractivity contribution < 1.29 is 0 Å². The number of anilines is 2. The van der Waals surface area contributed by atoms with Crippen molar-refractivity contribution in [2.75, 3.05) is 23.7 Å². The second kappa shape index (κ2) is 4.73. The molecule has 0 unspecified atom stereocenters. The molecule has 1 aliphatic rings.